The van der Waals surface area contributed by atoms with Gasteiger partial charge in [0.15, 0.2) is 0 Å². The number of ether oxygens (including phenoxy) is 1. The van der Waals surface area contributed by atoms with Crippen LogP contribution < -0.4 is 10.1 Å². The number of carbonyl (C=O) groups excluding carboxylic acids is 2. The molecule has 3 aromatic rings. The SMILES string of the molecule is COc1cc(NC(C)CCCN2C(=O)c3ccccc3C2=O)c2ncccc2c1C(C)C. The molecule has 0 saturated carbocycles. The van der Waals surface area contributed by atoms with Crippen molar-refractivity contribution in [3.63, 3.8) is 0 Å². The molecule has 166 valence electrons. The van der Waals surface area contributed by atoms with Crippen LogP contribution in [0.1, 0.15) is 65.8 Å². The Morgan fingerprint density at radius 3 is 2.34 bits per heavy atom. The molecular weight excluding hydrogens is 402 g/mol. The van der Waals surface area contributed by atoms with Crippen LogP contribution in [0.25, 0.3) is 10.9 Å². The van der Waals surface area contributed by atoms with Gasteiger partial charge in [-0.1, -0.05) is 32.0 Å². The largest absolute Gasteiger partial charge is 0.496 e. The van der Waals surface area contributed by atoms with Gasteiger partial charge in [-0.05, 0) is 43.9 Å². The van der Waals surface area contributed by atoms with Crippen LogP contribution in [0.3, 0.4) is 0 Å². The van der Waals surface area contributed by atoms with Crippen molar-refractivity contribution in [3.8, 4) is 5.75 Å². The lowest BCUT2D eigenvalue weighted by Gasteiger charge is -2.21. The average molecular weight is 432 g/mol. The van der Waals surface area contributed by atoms with Crippen LogP contribution in [0.4, 0.5) is 5.69 Å². The second-order valence-corrected chi connectivity index (χ2v) is 8.59. The van der Waals surface area contributed by atoms with Crippen molar-refractivity contribution >= 4 is 28.4 Å². The van der Waals surface area contributed by atoms with Gasteiger partial charge >= 0.3 is 0 Å². The predicted octanol–water partition coefficient (Wildman–Crippen LogP) is 5.24. The Morgan fingerprint density at radius 2 is 1.72 bits per heavy atom. The number of imide groups is 1. The molecule has 1 aliphatic heterocycles. The van der Waals surface area contributed by atoms with E-state index in [1.54, 1.807) is 37.6 Å². The molecule has 6 nitrogen and oxygen atoms in total. The smallest absolute Gasteiger partial charge is 0.261 e. The van der Waals surface area contributed by atoms with E-state index in [1.807, 2.05) is 12.1 Å². The van der Waals surface area contributed by atoms with Crippen molar-refractivity contribution in [3.05, 3.63) is 65.4 Å². The summed E-state index contributed by atoms with van der Waals surface area (Å²) in [5.74, 6) is 0.759. The van der Waals surface area contributed by atoms with E-state index in [2.05, 4.69) is 37.1 Å². The maximum absolute atomic E-state index is 12.5. The second kappa shape index (κ2) is 8.99. The molecular formula is C26H29N3O3. The molecule has 0 radical (unpaired) electrons. The van der Waals surface area contributed by atoms with Crippen molar-refractivity contribution in [1.82, 2.24) is 9.88 Å². The molecule has 2 aromatic carbocycles. The number of nitrogens with one attached hydrogen (secondary N) is 1. The van der Waals surface area contributed by atoms with Crippen molar-refractivity contribution in [1.29, 1.82) is 0 Å². The van der Waals surface area contributed by atoms with Gasteiger partial charge in [0.05, 0.1) is 29.4 Å². The van der Waals surface area contributed by atoms with Gasteiger partial charge in [-0.15, -0.1) is 0 Å². The summed E-state index contributed by atoms with van der Waals surface area (Å²) >= 11 is 0. The van der Waals surface area contributed by atoms with E-state index in [9.17, 15) is 9.59 Å². The first-order valence-corrected chi connectivity index (χ1v) is 11.1. The molecule has 32 heavy (non-hydrogen) atoms. The molecule has 2 heterocycles. The number of rotatable bonds is 8. The maximum Gasteiger partial charge on any atom is 0.261 e. The summed E-state index contributed by atoms with van der Waals surface area (Å²) in [5, 5.41) is 4.65. The molecule has 1 aliphatic rings. The van der Waals surface area contributed by atoms with Crippen molar-refractivity contribution < 1.29 is 14.3 Å². The first-order valence-electron chi connectivity index (χ1n) is 11.1. The lowest BCUT2D eigenvalue weighted by Crippen LogP contribution is -2.31. The summed E-state index contributed by atoms with van der Waals surface area (Å²) in [7, 11) is 1.69. The normalized spacial score (nSPS) is 14.2. The van der Waals surface area contributed by atoms with E-state index in [-0.39, 0.29) is 17.9 Å². The number of anilines is 1. The third kappa shape index (κ3) is 3.93. The molecule has 6 heteroatoms. The molecule has 0 saturated heterocycles. The van der Waals surface area contributed by atoms with Gasteiger partial charge in [-0.25, -0.2) is 0 Å². The van der Waals surface area contributed by atoms with Crippen LogP contribution in [0.5, 0.6) is 5.75 Å². The molecule has 2 amide bonds. The number of amides is 2. The quantitative estimate of drug-likeness (QED) is 0.494. The van der Waals surface area contributed by atoms with E-state index in [1.165, 1.54) is 4.90 Å². The zero-order valence-electron chi connectivity index (χ0n) is 19.0. The van der Waals surface area contributed by atoms with Crippen molar-refractivity contribution in [2.75, 3.05) is 19.0 Å². The molecule has 1 atom stereocenters. The zero-order valence-corrected chi connectivity index (χ0v) is 19.0. The fourth-order valence-corrected chi connectivity index (χ4v) is 4.46. The standard InChI is InChI=1S/C26H29N3O3/c1-16(2)23-20-12-7-13-27-24(20)21(15-22(23)32-4)28-17(3)9-8-14-29-25(30)18-10-5-6-11-19(18)26(29)31/h5-7,10-13,15-17,28H,8-9,14H2,1-4H3. The lowest BCUT2D eigenvalue weighted by atomic mass is 9.96. The molecule has 1 unspecified atom stereocenters. The summed E-state index contributed by atoms with van der Waals surface area (Å²) < 4.78 is 5.69. The lowest BCUT2D eigenvalue weighted by molar-refractivity contribution is 0.0651. The molecule has 0 spiro atoms. The monoisotopic (exact) mass is 431 g/mol. The van der Waals surface area contributed by atoms with Gasteiger partial charge in [-0.2, -0.15) is 0 Å². The Kier molecular flexibility index (Phi) is 6.12. The summed E-state index contributed by atoms with van der Waals surface area (Å²) in [6.45, 7) is 6.81. The van der Waals surface area contributed by atoms with Gasteiger partial charge < -0.3 is 10.1 Å². The van der Waals surface area contributed by atoms with Crippen molar-refractivity contribution in [2.24, 2.45) is 0 Å². The Morgan fingerprint density at radius 1 is 1.03 bits per heavy atom. The molecule has 0 fully saturated rings. The van der Waals surface area contributed by atoms with Crippen LogP contribution >= 0.6 is 0 Å². The van der Waals surface area contributed by atoms with Gasteiger partial charge in [0.2, 0.25) is 0 Å². The highest BCUT2D eigenvalue weighted by Gasteiger charge is 2.34. The van der Waals surface area contributed by atoms with Crippen LogP contribution in [0.2, 0.25) is 0 Å². The van der Waals surface area contributed by atoms with Gasteiger partial charge in [0, 0.05) is 35.8 Å². The Labute approximate surface area is 188 Å². The Bertz CT molecular complexity index is 1140. The number of nitrogens with zero attached hydrogens (tertiary/aromatic N) is 2. The number of carbonyl (C=O) groups is 2. The number of aromatic nitrogens is 1. The average Bonchev–Trinajstić information content (AvgIpc) is 3.03. The van der Waals surface area contributed by atoms with E-state index in [0.29, 0.717) is 30.0 Å². The third-order valence-corrected chi connectivity index (χ3v) is 5.99. The number of hydrogen-bond donors (Lipinski definition) is 1. The summed E-state index contributed by atoms with van der Waals surface area (Å²) in [4.78, 5) is 31.1. The highest BCUT2D eigenvalue weighted by atomic mass is 16.5. The fraction of sp³-hybridized carbons (Fsp3) is 0.346. The zero-order chi connectivity index (χ0) is 22.8. The number of pyridine rings is 1. The molecule has 1 N–H and O–H groups in total. The van der Waals surface area contributed by atoms with Crippen molar-refractivity contribution in [2.45, 2.75) is 45.6 Å². The first kappa shape index (κ1) is 21.8. The molecule has 0 bridgehead atoms. The highest BCUT2D eigenvalue weighted by Crippen LogP contribution is 2.38. The Balaban J connectivity index is 1.45. The number of benzene rings is 2. The van der Waals surface area contributed by atoms with Crippen LogP contribution in [0, 0.1) is 0 Å². The van der Waals surface area contributed by atoms with E-state index >= 15 is 0 Å². The molecule has 0 aliphatic carbocycles. The minimum absolute atomic E-state index is 0.130. The van der Waals surface area contributed by atoms with Crippen LogP contribution in [-0.2, 0) is 0 Å². The van der Waals surface area contributed by atoms with Crippen LogP contribution in [-0.4, -0.2) is 41.4 Å². The first-order chi connectivity index (χ1) is 15.4. The summed E-state index contributed by atoms with van der Waals surface area (Å²) in [6.07, 6.45) is 3.32. The predicted molar refractivity (Wildman–Crippen MR) is 127 cm³/mol. The van der Waals surface area contributed by atoms with E-state index in [0.717, 1.165) is 34.3 Å². The van der Waals surface area contributed by atoms with E-state index < -0.39 is 0 Å². The number of hydrogen-bond acceptors (Lipinski definition) is 5. The minimum Gasteiger partial charge on any atom is -0.496 e. The summed E-state index contributed by atoms with van der Waals surface area (Å²) in [5.41, 5.74) is 4.00. The second-order valence-electron chi connectivity index (χ2n) is 8.59. The van der Waals surface area contributed by atoms with Gasteiger partial charge in [-0.3, -0.25) is 19.5 Å². The molecule has 1 aromatic heterocycles. The Hall–Kier alpha value is -3.41. The van der Waals surface area contributed by atoms with E-state index in [4.69, 9.17) is 4.74 Å². The van der Waals surface area contributed by atoms with Gasteiger partial charge in [0.25, 0.3) is 11.8 Å². The number of methoxy groups -OCH3 is 1. The maximum atomic E-state index is 12.5. The highest BCUT2D eigenvalue weighted by molar-refractivity contribution is 6.21. The third-order valence-electron chi connectivity index (χ3n) is 5.99. The topological polar surface area (TPSA) is 71.5 Å². The molecule has 4 rings (SSSR count). The number of fused-ring (bicyclic) bond motifs is 2. The minimum atomic E-state index is -0.199. The van der Waals surface area contributed by atoms with Gasteiger partial charge in [0.1, 0.15) is 5.75 Å². The van der Waals surface area contributed by atoms with Crippen LogP contribution in [0.15, 0.2) is 48.7 Å². The summed E-state index contributed by atoms with van der Waals surface area (Å²) in [6, 6.07) is 13.2. The fourth-order valence-electron chi connectivity index (χ4n) is 4.46.